The van der Waals surface area contributed by atoms with Gasteiger partial charge in [-0.25, -0.2) is 19.6 Å². The lowest BCUT2D eigenvalue weighted by Gasteiger charge is -2.18. The van der Waals surface area contributed by atoms with Gasteiger partial charge in [0.05, 0.1) is 37.3 Å². The molecule has 0 amide bonds. The highest BCUT2D eigenvalue weighted by molar-refractivity contribution is 6.32. The van der Waals surface area contributed by atoms with Gasteiger partial charge in [0.1, 0.15) is 12.0 Å². The number of aromatic nitrogens is 2. The summed E-state index contributed by atoms with van der Waals surface area (Å²) in [5.41, 5.74) is 9.96. The smallest absolute Gasteiger partial charge is 0.337 e. The van der Waals surface area contributed by atoms with Crippen LogP contribution in [0.25, 0.3) is 0 Å². The van der Waals surface area contributed by atoms with E-state index in [-0.39, 0.29) is 28.5 Å². The van der Waals surface area contributed by atoms with Crippen molar-refractivity contribution in [1.82, 2.24) is 9.97 Å². The number of hydrogen-bond acceptors (Lipinski definition) is 10. The highest BCUT2D eigenvalue weighted by Gasteiger charge is 2.20. The van der Waals surface area contributed by atoms with Gasteiger partial charge in [-0.3, -0.25) is 0 Å². The zero-order valence-corrected chi connectivity index (χ0v) is 23.7. The van der Waals surface area contributed by atoms with E-state index < -0.39 is 17.9 Å². The summed E-state index contributed by atoms with van der Waals surface area (Å²) in [7, 11) is 2.47. The first-order valence-electron chi connectivity index (χ1n) is 12.1. The highest BCUT2D eigenvalue weighted by Crippen LogP contribution is 2.36. The minimum Gasteiger partial charge on any atom is -0.465 e. The number of ether oxygens (including phenoxy) is 2. The van der Waals surface area contributed by atoms with E-state index in [2.05, 4.69) is 26.7 Å². The highest BCUT2D eigenvalue weighted by atomic mass is 35.5. The molecule has 208 valence electrons. The van der Waals surface area contributed by atoms with E-state index in [0.29, 0.717) is 27.0 Å². The van der Waals surface area contributed by atoms with Gasteiger partial charge in [-0.15, -0.1) is 0 Å². The van der Waals surface area contributed by atoms with E-state index in [1.165, 1.54) is 38.7 Å². The average Bonchev–Trinajstić information content (AvgIpc) is 2.97. The van der Waals surface area contributed by atoms with Gasteiger partial charge in [0.2, 0.25) is 0 Å². The fraction of sp³-hybridized carbons (Fsp3) is 0.138. The van der Waals surface area contributed by atoms with Crippen molar-refractivity contribution < 1.29 is 19.1 Å². The van der Waals surface area contributed by atoms with Crippen LogP contribution in [0.4, 0.5) is 28.7 Å². The summed E-state index contributed by atoms with van der Waals surface area (Å²) in [6.07, 6.45) is 1.30. The number of esters is 2. The first-order valence-corrected chi connectivity index (χ1v) is 12.8. The molecule has 10 nitrogen and oxygen atoms in total. The van der Waals surface area contributed by atoms with Gasteiger partial charge in [0, 0.05) is 21.4 Å². The Hall–Kier alpha value is -4.85. The molecule has 0 fully saturated rings. The van der Waals surface area contributed by atoms with Crippen LogP contribution in [0.5, 0.6) is 0 Å². The Kier molecular flexibility index (Phi) is 8.92. The maximum Gasteiger partial charge on any atom is 0.337 e. The molecule has 1 atom stereocenters. The van der Waals surface area contributed by atoms with Crippen LogP contribution < -0.4 is 16.4 Å². The van der Waals surface area contributed by atoms with E-state index in [0.717, 1.165) is 11.1 Å². The van der Waals surface area contributed by atoms with Crippen LogP contribution in [-0.4, -0.2) is 36.1 Å². The molecule has 4 N–H and O–H groups in total. The number of halogens is 2. The predicted octanol–water partition coefficient (Wildman–Crippen LogP) is 6.39. The lowest BCUT2D eigenvalue weighted by atomic mass is 9.91. The minimum absolute atomic E-state index is 0.128. The van der Waals surface area contributed by atoms with E-state index in [1.54, 1.807) is 30.3 Å². The molecule has 4 aromatic rings. The Morgan fingerprint density at radius 3 is 2.07 bits per heavy atom. The number of anilines is 5. The third-order valence-electron chi connectivity index (χ3n) is 6.16. The van der Waals surface area contributed by atoms with Crippen molar-refractivity contribution in [2.24, 2.45) is 0 Å². The monoisotopic (exact) mass is 590 g/mol. The molecular weight excluding hydrogens is 567 g/mol. The lowest BCUT2D eigenvalue weighted by Crippen LogP contribution is -2.09. The van der Waals surface area contributed by atoms with Gasteiger partial charge in [0.15, 0.2) is 11.6 Å². The van der Waals surface area contributed by atoms with Crippen molar-refractivity contribution in [2.75, 3.05) is 30.6 Å². The van der Waals surface area contributed by atoms with Crippen LogP contribution in [0.15, 0.2) is 60.9 Å². The molecule has 0 aliphatic rings. The van der Waals surface area contributed by atoms with Crippen molar-refractivity contribution in [3.8, 4) is 6.07 Å². The number of nitrogens with two attached hydrogens (primary N) is 1. The number of methoxy groups -OCH3 is 2. The molecule has 12 heteroatoms. The molecule has 1 heterocycles. The van der Waals surface area contributed by atoms with E-state index in [9.17, 15) is 14.9 Å². The summed E-state index contributed by atoms with van der Waals surface area (Å²) in [6, 6.07) is 17.2. The first kappa shape index (κ1) is 29.1. The molecule has 41 heavy (non-hydrogen) atoms. The van der Waals surface area contributed by atoms with Gasteiger partial charge in [-0.1, -0.05) is 41.4 Å². The van der Waals surface area contributed by atoms with E-state index in [1.807, 2.05) is 13.0 Å². The van der Waals surface area contributed by atoms with Crippen molar-refractivity contribution in [2.45, 2.75) is 12.8 Å². The van der Waals surface area contributed by atoms with E-state index in [4.69, 9.17) is 38.4 Å². The van der Waals surface area contributed by atoms with E-state index >= 15 is 0 Å². The SMILES string of the molecule is COC(=O)c1cc(Nc2ncnc(Nc3cc(Cl)c(C(C#N)c4ccc(Cl)cc4)cc3C)c2N)cc(C(=O)OC)c1. The Balaban J connectivity index is 1.64. The Morgan fingerprint density at radius 1 is 0.927 bits per heavy atom. The number of carbonyl (C=O) groups is 2. The van der Waals surface area contributed by atoms with Crippen molar-refractivity contribution in [1.29, 1.82) is 5.26 Å². The summed E-state index contributed by atoms with van der Waals surface area (Å²) >= 11 is 12.6. The third-order valence-corrected chi connectivity index (χ3v) is 6.74. The number of rotatable bonds is 8. The number of benzene rings is 3. The number of nitriles is 1. The predicted molar refractivity (Wildman–Crippen MR) is 157 cm³/mol. The van der Waals surface area contributed by atoms with Crippen molar-refractivity contribution in [3.63, 3.8) is 0 Å². The molecule has 1 unspecified atom stereocenters. The molecule has 0 saturated carbocycles. The second-order valence-electron chi connectivity index (χ2n) is 8.82. The molecule has 1 aromatic heterocycles. The molecular formula is C29H24Cl2N6O4. The summed E-state index contributed by atoms with van der Waals surface area (Å²) in [6.45, 7) is 1.86. The summed E-state index contributed by atoms with van der Waals surface area (Å²) in [5, 5.41) is 17.0. The number of aryl methyl sites for hydroxylation is 1. The van der Waals surface area contributed by atoms with Crippen molar-refractivity contribution >= 4 is 63.8 Å². The Bertz CT molecular complexity index is 1640. The first-order chi connectivity index (χ1) is 19.6. The number of nitrogens with one attached hydrogen (secondary N) is 2. The van der Waals surface area contributed by atoms with Crippen LogP contribution in [0, 0.1) is 18.3 Å². The largest absolute Gasteiger partial charge is 0.465 e. The molecule has 0 aliphatic carbocycles. The molecule has 0 bridgehead atoms. The van der Waals surface area contributed by atoms with Crippen LogP contribution in [-0.2, 0) is 9.47 Å². The minimum atomic E-state index is -0.637. The molecule has 0 saturated heterocycles. The number of nitrogen functional groups attached to an aromatic ring is 1. The molecule has 4 rings (SSSR count). The standard InChI is InChI=1S/C29H24Cl2N6O4/c1-15-8-21(22(13-32)16-4-6-19(30)7-5-16)23(31)12-24(15)37-27-25(33)26(34-14-35-27)36-20-10-17(28(38)40-2)9-18(11-20)29(39)41-3/h4-12,14,22H,33H2,1-3H3,(H2,34,35,36,37). The van der Waals surface area contributed by atoms with Crippen LogP contribution >= 0.6 is 23.2 Å². The Labute approximate surface area is 246 Å². The fourth-order valence-electron chi connectivity index (χ4n) is 4.07. The summed E-state index contributed by atoms with van der Waals surface area (Å²) in [4.78, 5) is 32.7. The molecule has 3 aromatic carbocycles. The topological polar surface area (TPSA) is 152 Å². The van der Waals surface area contributed by atoms with Gasteiger partial charge in [-0.2, -0.15) is 5.26 Å². The maximum atomic E-state index is 12.1. The van der Waals surface area contributed by atoms with Crippen LogP contribution in [0.3, 0.4) is 0 Å². The lowest BCUT2D eigenvalue weighted by molar-refractivity contribution is 0.0599. The normalized spacial score (nSPS) is 11.2. The fourth-order valence-corrected chi connectivity index (χ4v) is 4.47. The maximum absolute atomic E-state index is 12.1. The zero-order valence-electron chi connectivity index (χ0n) is 22.2. The quantitative estimate of drug-likeness (QED) is 0.197. The summed E-state index contributed by atoms with van der Waals surface area (Å²) in [5.74, 6) is -1.37. The molecule has 0 radical (unpaired) electrons. The summed E-state index contributed by atoms with van der Waals surface area (Å²) < 4.78 is 9.57. The number of nitrogens with zero attached hydrogens (tertiary/aromatic N) is 3. The number of carbonyl (C=O) groups excluding carboxylic acids is 2. The van der Waals surface area contributed by atoms with Gasteiger partial charge < -0.3 is 25.8 Å². The van der Waals surface area contributed by atoms with Crippen molar-refractivity contribution in [3.05, 3.63) is 98.8 Å². The van der Waals surface area contributed by atoms with Gasteiger partial charge in [-0.05, 0) is 60.0 Å². The molecule has 0 aliphatic heterocycles. The zero-order chi connectivity index (χ0) is 29.7. The van der Waals surface area contributed by atoms with Gasteiger partial charge in [0.25, 0.3) is 0 Å². The number of hydrogen-bond donors (Lipinski definition) is 3. The molecule has 0 spiro atoms. The Morgan fingerprint density at radius 2 is 1.51 bits per heavy atom. The third kappa shape index (κ3) is 6.49. The van der Waals surface area contributed by atoms with Crippen LogP contribution in [0.1, 0.15) is 43.3 Å². The second-order valence-corrected chi connectivity index (χ2v) is 9.66. The van der Waals surface area contributed by atoms with Crippen LogP contribution in [0.2, 0.25) is 10.0 Å². The average molecular weight is 591 g/mol. The van der Waals surface area contributed by atoms with Gasteiger partial charge >= 0.3 is 11.9 Å². The second kappa shape index (κ2) is 12.6.